The fourth-order valence-electron chi connectivity index (χ4n) is 7.17. The fourth-order valence-corrected chi connectivity index (χ4v) is 9.40. The second-order valence-corrected chi connectivity index (χ2v) is 13.1. The van der Waals surface area contributed by atoms with Crippen molar-refractivity contribution in [2.24, 2.45) is 11.8 Å². The van der Waals surface area contributed by atoms with Crippen molar-refractivity contribution in [2.75, 3.05) is 29.5 Å². The third-order valence-corrected chi connectivity index (χ3v) is 11.1. The first kappa shape index (κ1) is 28.0. The zero-order valence-electron chi connectivity index (χ0n) is 23.2. The third-order valence-electron chi connectivity index (χ3n) is 9.00. The molecule has 6 atom stereocenters. The van der Waals surface area contributed by atoms with E-state index in [2.05, 4.69) is 0 Å². The number of aliphatic hydroxyl groups is 1. The molecule has 3 amide bonds. The van der Waals surface area contributed by atoms with E-state index in [9.17, 15) is 19.5 Å². The molecule has 0 radical (unpaired) electrons. The molecule has 0 aliphatic carbocycles. The quantitative estimate of drug-likeness (QED) is 0.416. The Morgan fingerprint density at radius 3 is 2.23 bits per heavy atom. The van der Waals surface area contributed by atoms with E-state index in [1.165, 1.54) is 11.8 Å². The van der Waals surface area contributed by atoms with Crippen molar-refractivity contribution in [3.8, 4) is 0 Å². The minimum atomic E-state index is -1.03. The molecule has 0 aromatic heterocycles. The molecule has 2 fully saturated rings. The molecular weight excluding hydrogens is 582 g/mol. The molecular formula is C34H30ClN3O4S. The van der Waals surface area contributed by atoms with E-state index in [1.54, 1.807) is 32.9 Å². The number of carbonyl (C=O) groups is 3. The number of anilines is 2. The second kappa shape index (κ2) is 11.0. The molecule has 4 aliphatic heterocycles. The lowest BCUT2D eigenvalue weighted by Crippen LogP contribution is -2.54. The number of fused-ring (bicyclic) bond motifs is 2. The Bertz CT molecular complexity index is 1630. The maximum Gasteiger partial charge on any atom is 0.251 e. The smallest absolute Gasteiger partial charge is 0.251 e. The number of para-hydroxylation sites is 2. The maximum absolute atomic E-state index is 14.8. The van der Waals surface area contributed by atoms with Gasteiger partial charge in [0.2, 0.25) is 11.8 Å². The number of halogens is 1. The third kappa shape index (κ3) is 4.34. The molecule has 1 unspecified atom stereocenters. The van der Waals surface area contributed by atoms with E-state index in [0.29, 0.717) is 17.3 Å². The highest BCUT2D eigenvalue weighted by molar-refractivity contribution is 8.02. The van der Waals surface area contributed by atoms with Crippen molar-refractivity contribution in [3.63, 3.8) is 0 Å². The molecule has 4 aliphatic rings. The van der Waals surface area contributed by atoms with Gasteiger partial charge in [0.25, 0.3) is 5.91 Å². The summed E-state index contributed by atoms with van der Waals surface area (Å²) in [7, 11) is 0. The number of thioether (sulfide) groups is 1. The van der Waals surface area contributed by atoms with Crippen molar-refractivity contribution in [2.45, 2.75) is 22.1 Å². The summed E-state index contributed by atoms with van der Waals surface area (Å²) in [4.78, 5) is 48.9. The first-order valence-electron chi connectivity index (χ1n) is 14.4. The first-order valence-corrected chi connectivity index (χ1v) is 15.6. The first-order chi connectivity index (χ1) is 21.0. The number of hydrogen-bond donors (Lipinski definition) is 1. The van der Waals surface area contributed by atoms with Gasteiger partial charge in [0.05, 0.1) is 39.9 Å². The van der Waals surface area contributed by atoms with E-state index in [1.807, 2.05) is 91.0 Å². The van der Waals surface area contributed by atoms with E-state index in [0.717, 1.165) is 11.3 Å². The van der Waals surface area contributed by atoms with E-state index < -0.39 is 28.7 Å². The SMILES string of the molecule is O=C1[C@@H]2[C@H](C=CCN1c1ccccc1)S[C@]13C=CCN(c4ccccc4Cl)C(=O)C1N([C@H](CO)c1ccccc1)C(=O)[C@H]23. The molecule has 9 heteroatoms. The monoisotopic (exact) mass is 611 g/mol. The highest BCUT2D eigenvalue weighted by Gasteiger charge is 2.72. The van der Waals surface area contributed by atoms with Gasteiger partial charge < -0.3 is 19.8 Å². The van der Waals surface area contributed by atoms with Crippen molar-refractivity contribution in [1.82, 2.24) is 4.90 Å². The van der Waals surface area contributed by atoms with Gasteiger partial charge in [0.15, 0.2) is 0 Å². The lowest BCUT2D eigenvalue weighted by atomic mass is 9.78. The number of likely N-dealkylation sites (tertiary alicyclic amines) is 1. The van der Waals surface area contributed by atoms with Gasteiger partial charge in [0, 0.05) is 24.0 Å². The van der Waals surface area contributed by atoms with Gasteiger partial charge in [-0.05, 0) is 29.8 Å². The Balaban J connectivity index is 1.38. The minimum absolute atomic E-state index is 0.141. The molecule has 43 heavy (non-hydrogen) atoms. The van der Waals surface area contributed by atoms with Crippen LogP contribution >= 0.6 is 23.4 Å². The average Bonchev–Trinajstić information content (AvgIpc) is 3.34. The molecule has 1 N–H and O–H groups in total. The van der Waals surface area contributed by atoms with Crippen LogP contribution in [0.25, 0.3) is 0 Å². The van der Waals surface area contributed by atoms with E-state index in [-0.39, 0.29) is 36.1 Å². The molecule has 4 heterocycles. The number of rotatable bonds is 5. The van der Waals surface area contributed by atoms with E-state index >= 15 is 0 Å². The van der Waals surface area contributed by atoms with Crippen LogP contribution in [0.5, 0.6) is 0 Å². The number of carbonyl (C=O) groups excluding carboxylic acids is 3. The Labute approximate surface area is 259 Å². The molecule has 2 saturated heterocycles. The summed E-state index contributed by atoms with van der Waals surface area (Å²) < 4.78 is -1.03. The summed E-state index contributed by atoms with van der Waals surface area (Å²) >= 11 is 8.10. The summed E-state index contributed by atoms with van der Waals surface area (Å²) in [6.07, 6.45) is 7.90. The van der Waals surface area contributed by atoms with Crippen molar-refractivity contribution < 1.29 is 19.5 Å². The lowest BCUT2D eigenvalue weighted by Gasteiger charge is -2.38. The van der Waals surface area contributed by atoms with Crippen LogP contribution in [0.3, 0.4) is 0 Å². The van der Waals surface area contributed by atoms with Gasteiger partial charge in [-0.15, -0.1) is 11.8 Å². The summed E-state index contributed by atoms with van der Waals surface area (Å²) in [5.41, 5.74) is 2.03. The highest BCUT2D eigenvalue weighted by Crippen LogP contribution is 2.62. The number of hydrogen-bond acceptors (Lipinski definition) is 5. The number of amides is 3. The molecule has 7 nitrogen and oxygen atoms in total. The Kier molecular flexibility index (Phi) is 7.16. The predicted octanol–water partition coefficient (Wildman–Crippen LogP) is 4.88. The largest absolute Gasteiger partial charge is 0.394 e. The zero-order valence-corrected chi connectivity index (χ0v) is 24.8. The standard InChI is InChI=1S/C34H30ClN3O4S/c35-24-15-7-8-16-25(24)37-20-10-18-34-29(28-27(43-34)17-9-19-36(31(28)40)23-13-5-2-6-14-23)32(41)38(30(34)33(37)42)26(21-39)22-11-3-1-4-12-22/h1-18,26-30,39H,19-21H2/t26-,27+,28-,29+,30?,34+/m1/s1. The maximum atomic E-state index is 14.8. The summed E-state index contributed by atoms with van der Waals surface area (Å²) in [5.74, 6) is -2.23. The van der Waals surface area contributed by atoms with Crippen LogP contribution in [0.4, 0.5) is 11.4 Å². The summed E-state index contributed by atoms with van der Waals surface area (Å²) in [6, 6.07) is 24.1. The van der Waals surface area contributed by atoms with Gasteiger partial charge >= 0.3 is 0 Å². The highest BCUT2D eigenvalue weighted by atomic mass is 35.5. The Hall–Kier alpha value is -3.85. The van der Waals surface area contributed by atoms with Crippen LogP contribution in [0.2, 0.25) is 5.02 Å². The Morgan fingerprint density at radius 2 is 1.51 bits per heavy atom. The van der Waals surface area contributed by atoms with Crippen LogP contribution < -0.4 is 9.80 Å². The van der Waals surface area contributed by atoms with E-state index in [4.69, 9.17) is 11.6 Å². The fraction of sp³-hybridized carbons (Fsp3) is 0.265. The number of aliphatic hydroxyl groups excluding tert-OH is 1. The van der Waals surface area contributed by atoms with Gasteiger partial charge in [0.1, 0.15) is 6.04 Å². The topological polar surface area (TPSA) is 81.2 Å². The van der Waals surface area contributed by atoms with Crippen molar-refractivity contribution in [1.29, 1.82) is 0 Å². The molecule has 3 aromatic carbocycles. The van der Waals surface area contributed by atoms with Gasteiger partial charge in [-0.3, -0.25) is 14.4 Å². The molecule has 0 saturated carbocycles. The van der Waals surface area contributed by atoms with Crippen LogP contribution in [0, 0.1) is 11.8 Å². The minimum Gasteiger partial charge on any atom is -0.394 e. The van der Waals surface area contributed by atoms with Crippen LogP contribution in [-0.4, -0.2) is 63.5 Å². The molecule has 3 aromatic rings. The van der Waals surface area contributed by atoms with Crippen LogP contribution in [0.15, 0.2) is 109 Å². The van der Waals surface area contributed by atoms with Gasteiger partial charge in [-0.2, -0.15) is 0 Å². The normalized spacial score (nSPS) is 28.8. The van der Waals surface area contributed by atoms with Crippen molar-refractivity contribution in [3.05, 3.63) is 120 Å². The van der Waals surface area contributed by atoms with Crippen LogP contribution in [-0.2, 0) is 14.4 Å². The van der Waals surface area contributed by atoms with Gasteiger partial charge in [-0.25, -0.2) is 0 Å². The molecule has 218 valence electrons. The van der Waals surface area contributed by atoms with Crippen LogP contribution in [0.1, 0.15) is 11.6 Å². The zero-order chi connectivity index (χ0) is 29.7. The molecule has 7 rings (SSSR count). The predicted molar refractivity (Wildman–Crippen MR) is 169 cm³/mol. The Morgan fingerprint density at radius 1 is 0.837 bits per heavy atom. The van der Waals surface area contributed by atoms with Gasteiger partial charge in [-0.1, -0.05) is 96.6 Å². The number of benzene rings is 3. The molecule has 1 spiro atoms. The number of nitrogens with zero attached hydrogens (tertiary/aromatic N) is 3. The summed E-state index contributed by atoms with van der Waals surface area (Å²) in [5, 5.41) is 10.9. The lowest BCUT2D eigenvalue weighted by molar-refractivity contribution is -0.141. The second-order valence-electron chi connectivity index (χ2n) is 11.2. The summed E-state index contributed by atoms with van der Waals surface area (Å²) in [6.45, 7) is 0.289. The molecule has 0 bridgehead atoms. The average molecular weight is 612 g/mol. The van der Waals surface area contributed by atoms with Crippen molar-refractivity contribution >= 4 is 52.5 Å².